The highest BCUT2D eigenvalue weighted by molar-refractivity contribution is 6.13. The zero-order valence-electron chi connectivity index (χ0n) is 40.6. The summed E-state index contributed by atoms with van der Waals surface area (Å²) in [6.07, 6.45) is 0. The Morgan fingerprint density at radius 3 is 1.17 bits per heavy atom. The van der Waals surface area contributed by atoms with Crippen LogP contribution in [0.3, 0.4) is 0 Å². The van der Waals surface area contributed by atoms with Gasteiger partial charge in [-0.25, -0.2) is 15.0 Å². The van der Waals surface area contributed by atoms with Gasteiger partial charge in [-0.2, -0.15) is 0 Å². The molecule has 6 nitrogen and oxygen atoms in total. The van der Waals surface area contributed by atoms with E-state index in [0.717, 1.165) is 66.9 Å². The summed E-state index contributed by atoms with van der Waals surface area (Å²) in [6.45, 7) is 0. The summed E-state index contributed by atoms with van der Waals surface area (Å²) < 4.78 is 7.20. The number of hydrogen-bond acceptors (Lipinski definition) is 3. The highest BCUT2D eigenvalue weighted by Crippen LogP contribution is 2.41. The van der Waals surface area contributed by atoms with Crippen molar-refractivity contribution >= 4 is 65.4 Å². The number of hydrogen-bond donors (Lipinski definition) is 0. The smallest absolute Gasteiger partial charge is 0.164 e. The van der Waals surface area contributed by atoms with Gasteiger partial charge in [0.1, 0.15) is 0 Å². The van der Waals surface area contributed by atoms with Crippen LogP contribution in [0.15, 0.2) is 267 Å². The van der Waals surface area contributed by atoms with E-state index in [1.807, 2.05) is 36.4 Å². The van der Waals surface area contributed by atoms with Crippen LogP contribution in [0, 0.1) is 0 Å². The molecule has 0 unspecified atom stereocenters. The Morgan fingerprint density at radius 2 is 0.600 bits per heavy atom. The van der Waals surface area contributed by atoms with Gasteiger partial charge in [0.15, 0.2) is 17.5 Å². The molecule has 11 aromatic carbocycles. The van der Waals surface area contributed by atoms with Crippen LogP contribution in [0.25, 0.3) is 139 Å². The molecule has 0 saturated carbocycles. The molecule has 0 amide bonds. The Labute approximate surface area is 432 Å². The van der Waals surface area contributed by atoms with E-state index in [2.05, 4.69) is 244 Å². The second kappa shape index (κ2) is 17.3. The first-order chi connectivity index (χ1) is 37.2. The van der Waals surface area contributed by atoms with Crippen LogP contribution in [-0.4, -0.2) is 28.7 Å². The van der Waals surface area contributed by atoms with E-state index in [4.69, 9.17) is 15.0 Å². The van der Waals surface area contributed by atoms with Gasteiger partial charge in [0.05, 0.1) is 38.8 Å². The Hall–Kier alpha value is -10.2. The minimum Gasteiger partial charge on any atom is -0.309 e. The van der Waals surface area contributed by atoms with Crippen LogP contribution < -0.4 is 0 Å². The Morgan fingerprint density at radius 1 is 0.213 bits per heavy atom. The van der Waals surface area contributed by atoms with Gasteiger partial charge in [-0.1, -0.05) is 194 Å². The predicted molar refractivity (Wildman–Crippen MR) is 310 cm³/mol. The normalized spacial score (nSPS) is 11.7. The van der Waals surface area contributed by atoms with Crippen LogP contribution in [0.2, 0.25) is 0 Å². The van der Waals surface area contributed by atoms with E-state index in [-0.39, 0.29) is 0 Å². The van der Waals surface area contributed by atoms with Gasteiger partial charge in [0.25, 0.3) is 0 Å². The first kappa shape index (κ1) is 42.5. The van der Waals surface area contributed by atoms with Crippen molar-refractivity contribution in [3.05, 3.63) is 267 Å². The van der Waals surface area contributed by atoms with Crippen molar-refractivity contribution in [3.63, 3.8) is 0 Å². The standard InChI is InChI=1S/C69H44N6/c1-4-18-46(19-5-1)67-70-68(47-20-6-2-7-21-47)72-69(71-67)50-35-39-53(65(44-50)75-62-30-16-11-24-54(62)55-25-12-17-31-63(55)75)45-32-37-52(38-33-45)73-61-29-15-13-27-57(61)59-42-48(36-41-64(59)73)49-34-40-58-56-26-10-14-28-60(56)74(66(58)43-49)51-22-8-3-9-23-51/h1-44H. The molecule has 0 saturated heterocycles. The summed E-state index contributed by atoms with van der Waals surface area (Å²) in [6, 6.07) is 95.4. The van der Waals surface area contributed by atoms with Crippen molar-refractivity contribution in [2.45, 2.75) is 0 Å². The third-order valence-electron chi connectivity index (χ3n) is 14.9. The predicted octanol–water partition coefficient (Wildman–Crippen LogP) is 17.5. The van der Waals surface area contributed by atoms with Crippen LogP contribution in [0.1, 0.15) is 0 Å². The van der Waals surface area contributed by atoms with Gasteiger partial charge in [0.2, 0.25) is 0 Å². The monoisotopic (exact) mass is 956 g/mol. The Bertz CT molecular complexity index is 4570. The molecule has 0 aliphatic heterocycles. The first-order valence-corrected chi connectivity index (χ1v) is 25.4. The molecule has 0 N–H and O–H groups in total. The van der Waals surface area contributed by atoms with Crippen molar-refractivity contribution < 1.29 is 0 Å². The zero-order valence-corrected chi connectivity index (χ0v) is 40.6. The average Bonchev–Trinajstić information content (AvgIpc) is 4.17. The molecule has 15 rings (SSSR count). The quantitative estimate of drug-likeness (QED) is 0.152. The fourth-order valence-electron chi connectivity index (χ4n) is 11.4. The second-order valence-electron chi connectivity index (χ2n) is 19.2. The summed E-state index contributed by atoms with van der Waals surface area (Å²) in [5, 5.41) is 7.32. The van der Waals surface area contributed by atoms with Crippen LogP contribution in [0.4, 0.5) is 0 Å². The summed E-state index contributed by atoms with van der Waals surface area (Å²) in [7, 11) is 0. The van der Waals surface area contributed by atoms with E-state index in [1.54, 1.807) is 0 Å². The molecule has 4 aromatic heterocycles. The number of benzene rings is 11. The van der Waals surface area contributed by atoms with Crippen molar-refractivity contribution in [1.82, 2.24) is 28.7 Å². The molecule has 6 heteroatoms. The molecule has 0 aliphatic carbocycles. The minimum atomic E-state index is 0.608. The Kier molecular flexibility index (Phi) is 9.78. The molecule has 0 bridgehead atoms. The van der Waals surface area contributed by atoms with E-state index in [0.29, 0.717) is 17.5 Å². The number of para-hydroxylation sites is 5. The summed E-state index contributed by atoms with van der Waals surface area (Å²) in [5.41, 5.74) is 17.6. The first-order valence-electron chi connectivity index (χ1n) is 25.4. The average molecular weight is 957 g/mol. The van der Waals surface area contributed by atoms with Crippen LogP contribution >= 0.6 is 0 Å². The van der Waals surface area contributed by atoms with Gasteiger partial charge in [-0.3, -0.25) is 0 Å². The third-order valence-corrected chi connectivity index (χ3v) is 14.9. The van der Waals surface area contributed by atoms with Crippen molar-refractivity contribution in [1.29, 1.82) is 0 Å². The number of aromatic nitrogens is 6. The number of rotatable bonds is 8. The maximum absolute atomic E-state index is 5.16. The molecule has 0 spiro atoms. The fourth-order valence-corrected chi connectivity index (χ4v) is 11.4. The minimum absolute atomic E-state index is 0.608. The maximum atomic E-state index is 5.16. The molecular formula is C69H44N6. The van der Waals surface area contributed by atoms with Crippen molar-refractivity contribution in [2.24, 2.45) is 0 Å². The summed E-state index contributed by atoms with van der Waals surface area (Å²) >= 11 is 0. The topological polar surface area (TPSA) is 53.5 Å². The lowest BCUT2D eigenvalue weighted by Crippen LogP contribution is -2.02. The largest absolute Gasteiger partial charge is 0.309 e. The highest BCUT2D eigenvalue weighted by atomic mass is 15.0. The Balaban J connectivity index is 0.870. The molecule has 4 heterocycles. The molecule has 15 aromatic rings. The van der Waals surface area contributed by atoms with Crippen LogP contribution in [-0.2, 0) is 0 Å². The van der Waals surface area contributed by atoms with Crippen LogP contribution in [0.5, 0.6) is 0 Å². The zero-order chi connectivity index (χ0) is 49.4. The lowest BCUT2D eigenvalue weighted by molar-refractivity contribution is 1.07. The van der Waals surface area contributed by atoms with Gasteiger partial charge < -0.3 is 13.7 Å². The number of fused-ring (bicyclic) bond motifs is 9. The molecule has 0 fully saturated rings. The maximum Gasteiger partial charge on any atom is 0.164 e. The molecule has 0 atom stereocenters. The molecule has 0 aliphatic rings. The molecular weight excluding hydrogens is 913 g/mol. The summed E-state index contributed by atoms with van der Waals surface area (Å²) in [5.74, 6) is 1.86. The van der Waals surface area contributed by atoms with E-state index < -0.39 is 0 Å². The van der Waals surface area contributed by atoms with E-state index >= 15 is 0 Å². The molecule has 0 radical (unpaired) electrons. The van der Waals surface area contributed by atoms with E-state index in [9.17, 15) is 0 Å². The van der Waals surface area contributed by atoms with Gasteiger partial charge in [0, 0.05) is 65.9 Å². The van der Waals surface area contributed by atoms with Gasteiger partial charge >= 0.3 is 0 Å². The van der Waals surface area contributed by atoms with Crippen molar-refractivity contribution in [3.8, 4) is 73.5 Å². The lowest BCUT2D eigenvalue weighted by atomic mass is 10.00. The highest BCUT2D eigenvalue weighted by Gasteiger charge is 2.21. The van der Waals surface area contributed by atoms with Gasteiger partial charge in [-0.05, 0) is 89.5 Å². The van der Waals surface area contributed by atoms with Crippen molar-refractivity contribution in [2.75, 3.05) is 0 Å². The molecule has 350 valence electrons. The summed E-state index contributed by atoms with van der Waals surface area (Å²) in [4.78, 5) is 15.3. The number of nitrogens with zero attached hydrogens (tertiary/aromatic N) is 6. The third kappa shape index (κ3) is 6.99. The second-order valence-corrected chi connectivity index (χ2v) is 19.2. The van der Waals surface area contributed by atoms with Gasteiger partial charge in [-0.15, -0.1) is 0 Å². The fraction of sp³-hybridized carbons (Fsp3) is 0. The SMILES string of the molecule is c1ccc(-c2nc(-c3ccccc3)nc(-c3ccc(-c4ccc(-n5c6ccccc6c6cc(-c7ccc8c9ccccc9n(-c9ccccc9)c8c7)ccc65)cc4)c(-n4c5ccccc5c5ccccc54)c3)n2)cc1. The molecule has 75 heavy (non-hydrogen) atoms. The van der Waals surface area contributed by atoms with E-state index in [1.165, 1.54) is 54.5 Å². The lowest BCUT2D eigenvalue weighted by Gasteiger charge is -2.17.